The van der Waals surface area contributed by atoms with E-state index in [1.54, 1.807) is 28.7 Å². The van der Waals surface area contributed by atoms with Crippen LogP contribution in [-0.4, -0.2) is 4.92 Å². The third-order valence-electron chi connectivity index (χ3n) is 2.63. The van der Waals surface area contributed by atoms with Gasteiger partial charge in [-0.05, 0) is 41.6 Å². The number of thiophene rings is 1. The summed E-state index contributed by atoms with van der Waals surface area (Å²) in [6, 6.07) is 5.74. The van der Waals surface area contributed by atoms with Crippen LogP contribution in [0.1, 0.15) is 17.8 Å². The zero-order valence-electron chi connectivity index (χ0n) is 10.2. The number of nitrogens with zero attached hydrogens (tertiary/aromatic N) is 1. The molecule has 2 rings (SSSR count). The smallest absolute Gasteiger partial charge is 0.293 e. The van der Waals surface area contributed by atoms with Gasteiger partial charge >= 0.3 is 0 Å². The molecule has 8 heteroatoms. The number of hydrogen-bond acceptors (Lipinski definition) is 4. The second-order valence-corrected chi connectivity index (χ2v) is 6.96. The van der Waals surface area contributed by atoms with Crippen molar-refractivity contribution in [1.82, 2.24) is 0 Å². The zero-order valence-corrected chi connectivity index (χ0v) is 13.9. The van der Waals surface area contributed by atoms with Crippen LogP contribution in [0.25, 0.3) is 0 Å². The molecule has 0 bridgehead atoms. The van der Waals surface area contributed by atoms with Gasteiger partial charge in [0.05, 0.1) is 18.9 Å². The Bertz CT molecular complexity index is 665. The average Bonchev–Trinajstić information content (AvgIpc) is 2.80. The van der Waals surface area contributed by atoms with Gasteiger partial charge in [-0.3, -0.25) is 10.1 Å². The van der Waals surface area contributed by atoms with E-state index < -0.39 is 10.7 Å². The molecule has 1 aromatic carbocycles. The number of halogens is 3. The molecule has 106 valence electrons. The Balaban J connectivity index is 2.33. The SMILES string of the molecule is CC(Nc1cc(F)c(I)cc1[N+](=O)[O-])c1ccc(Cl)s1. The van der Waals surface area contributed by atoms with Gasteiger partial charge in [-0.15, -0.1) is 11.3 Å². The number of benzene rings is 1. The highest BCUT2D eigenvalue weighted by atomic mass is 127. The van der Waals surface area contributed by atoms with Crippen LogP contribution in [0.15, 0.2) is 24.3 Å². The molecule has 20 heavy (non-hydrogen) atoms. The highest BCUT2D eigenvalue weighted by molar-refractivity contribution is 14.1. The number of anilines is 1. The van der Waals surface area contributed by atoms with Crippen molar-refractivity contribution >= 4 is 56.9 Å². The molecule has 0 radical (unpaired) electrons. The third-order valence-corrected chi connectivity index (χ3v) is 4.87. The quantitative estimate of drug-likeness (QED) is 0.414. The molecule has 0 saturated carbocycles. The Kier molecular flexibility index (Phi) is 4.82. The first-order chi connectivity index (χ1) is 9.38. The topological polar surface area (TPSA) is 55.2 Å². The molecule has 0 aliphatic carbocycles. The monoisotopic (exact) mass is 426 g/mol. The Labute approximate surface area is 137 Å². The maximum absolute atomic E-state index is 13.6. The number of nitrogens with one attached hydrogen (secondary N) is 1. The van der Waals surface area contributed by atoms with E-state index in [1.807, 2.05) is 13.0 Å². The number of hydrogen-bond donors (Lipinski definition) is 1. The van der Waals surface area contributed by atoms with Gasteiger partial charge in [-0.25, -0.2) is 4.39 Å². The maximum Gasteiger partial charge on any atom is 0.293 e. The standard InChI is InChI=1S/C12H9ClFIN2O2S/c1-6(11-2-3-12(13)20-11)16-9-4-7(14)8(15)5-10(9)17(18)19/h2-6,16H,1H3. The molecular formula is C12H9ClFIN2O2S. The van der Waals surface area contributed by atoms with Crippen molar-refractivity contribution in [3.05, 3.63) is 53.0 Å². The molecule has 0 aliphatic heterocycles. The van der Waals surface area contributed by atoms with E-state index in [4.69, 9.17) is 11.6 Å². The Morgan fingerprint density at radius 1 is 1.50 bits per heavy atom. The maximum atomic E-state index is 13.6. The first kappa shape index (κ1) is 15.5. The van der Waals surface area contributed by atoms with Crippen LogP contribution < -0.4 is 5.32 Å². The van der Waals surface area contributed by atoms with Crippen molar-refractivity contribution in [2.75, 3.05) is 5.32 Å². The molecule has 4 nitrogen and oxygen atoms in total. The van der Waals surface area contributed by atoms with E-state index >= 15 is 0 Å². The van der Waals surface area contributed by atoms with Crippen molar-refractivity contribution in [2.24, 2.45) is 0 Å². The van der Waals surface area contributed by atoms with Crippen molar-refractivity contribution in [3.8, 4) is 0 Å². The minimum absolute atomic E-state index is 0.148. The second-order valence-electron chi connectivity index (χ2n) is 4.05. The fourth-order valence-corrected chi connectivity index (χ4v) is 3.18. The summed E-state index contributed by atoms with van der Waals surface area (Å²) in [6.45, 7) is 1.84. The van der Waals surface area contributed by atoms with E-state index in [-0.39, 0.29) is 21.0 Å². The summed E-state index contributed by atoms with van der Waals surface area (Å²) < 4.78 is 14.4. The van der Waals surface area contributed by atoms with Crippen LogP contribution in [0, 0.1) is 19.5 Å². The van der Waals surface area contributed by atoms with Crippen molar-refractivity contribution in [1.29, 1.82) is 0 Å². The summed E-state index contributed by atoms with van der Waals surface area (Å²) in [4.78, 5) is 11.4. The molecule has 1 aromatic heterocycles. The molecule has 0 spiro atoms. The van der Waals surface area contributed by atoms with Crippen LogP contribution in [0.4, 0.5) is 15.8 Å². The van der Waals surface area contributed by atoms with Gasteiger partial charge < -0.3 is 5.32 Å². The van der Waals surface area contributed by atoms with E-state index in [0.29, 0.717) is 4.34 Å². The normalized spacial score (nSPS) is 12.2. The van der Waals surface area contributed by atoms with Crippen LogP contribution in [0.3, 0.4) is 0 Å². The van der Waals surface area contributed by atoms with Gasteiger partial charge in [0.2, 0.25) is 0 Å². The first-order valence-electron chi connectivity index (χ1n) is 5.53. The third kappa shape index (κ3) is 3.39. The minimum Gasteiger partial charge on any atom is -0.372 e. The summed E-state index contributed by atoms with van der Waals surface area (Å²) in [5, 5.41) is 14.0. The molecule has 1 heterocycles. The van der Waals surface area contributed by atoms with E-state index in [1.165, 1.54) is 17.4 Å². The molecule has 1 unspecified atom stereocenters. The predicted octanol–water partition coefficient (Wildman–Crippen LogP) is 5.23. The molecular weight excluding hydrogens is 418 g/mol. The van der Waals surface area contributed by atoms with E-state index in [2.05, 4.69) is 5.32 Å². The molecule has 0 aliphatic rings. The van der Waals surface area contributed by atoms with Crippen LogP contribution >= 0.6 is 45.5 Å². The fourth-order valence-electron chi connectivity index (χ4n) is 1.67. The van der Waals surface area contributed by atoms with E-state index in [0.717, 1.165) is 10.9 Å². The Hall–Kier alpha value is -0.930. The van der Waals surface area contributed by atoms with Gasteiger partial charge in [0.15, 0.2) is 0 Å². The molecule has 0 fully saturated rings. The summed E-state index contributed by atoms with van der Waals surface area (Å²) in [5.74, 6) is -0.491. The largest absolute Gasteiger partial charge is 0.372 e. The molecule has 2 aromatic rings. The number of nitro benzene ring substituents is 1. The van der Waals surface area contributed by atoms with Crippen molar-refractivity contribution < 1.29 is 9.31 Å². The Morgan fingerprint density at radius 2 is 2.20 bits per heavy atom. The van der Waals surface area contributed by atoms with Crippen LogP contribution in [0.2, 0.25) is 4.34 Å². The lowest BCUT2D eigenvalue weighted by atomic mass is 10.2. The average molecular weight is 427 g/mol. The summed E-state index contributed by atoms with van der Waals surface area (Å²) in [5.41, 5.74) is 0.00948. The van der Waals surface area contributed by atoms with Gasteiger partial charge in [0.25, 0.3) is 5.69 Å². The zero-order chi connectivity index (χ0) is 14.9. The summed E-state index contributed by atoms with van der Waals surface area (Å²) >= 11 is 8.96. The second kappa shape index (κ2) is 6.23. The number of rotatable bonds is 4. The van der Waals surface area contributed by atoms with Crippen molar-refractivity contribution in [3.63, 3.8) is 0 Å². The number of nitro groups is 1. The van der Waals surface area contributed by atoms with Gasteiger partial charge in [-0.1, -0.05) is 11.6 Å². The highest BCUT2D eigenvalue weighted by Crippen LogP contribution is 2.34. The van der Waals surface area contributed by atoms with E-state index in [9.17, 15) is 14.5 Å². The summed E-state index contributed by atoms with van der Waals surface area (Å²) in [7, 11) is 0. The molecule has 1 N–H and O–H groups in total. The highest BCUT2D eigenvalue weighted by Gasteiger charge is 2.19. The van der Waals surface area contributed by atoms with Crippen LogP contribution in [-0.2, 0) is 0 Å². The minimum atomic E-state index is -0.530. The summed E-state index contributed by atoms with van der Waals surface area (Å²) in [6.07, 6.45) is 0. The van der Waals surface area contributed by atoms with Crippen LogP contribution in [0.5, 0.6) is 0 Å². The van der Waals surface area contributed by atoms with Gasteiger partial charge in [0.1, 0.15) is 11.5 Å². The lowest BCUT2D eigenvalue weighted by molar-refractivity contribution is -0.384. The lowest BCUT2D eigenvalue weighted by Gasteiger charge is -2.14. The lowest BCUT2D eigenvalue weighted by Crippen LogP contribution is -2.08. The first-order valence-corrected chi connectivity index (χ1v) is 7.81. The Morgan fingerprint density at radius 3 is 2.75 bits per heavy atom. The van der Waals surface area contributed by atoms with Gasteiger partial charge in [-0.2, -0.15) is 0 Å². The van der Waals surface area contributed by atoms with Crippen molar-refractivity contribution in [2.45, 2.75) is 13.0 Å². The fraction of sp³-hybridized carbons (Fsp3) is 0.167. The van der Waals surface area contributed by atoms with Gasteiger partial charge in [0, 0.05) is 17.0 Å². The molecule has 0 saturated heterocycles. The molecule has 0 amide bonds. The predicted molar refractivity (Wildman–Crippen MR) is 87.1 cm³/mol. The molecule has 1 atom stereocenters.